The molecule has 0 fully saturated rings. The maximum atomic E-state index is 10.0. The van der Waals surface area contributed by atoms with Gasteiger partial charge in [-0.25, -0.2) is 4.21 Å². The van der Waals surface area contributed by atoms with Crippen LogP contribution >= 0.6 is 11.8 Å². The maximum absolute atomic E-state index is 10.0. The second-order valence-corrected chi connectivity index (χ2v) is 2.72. The Morgan fingerprint density at radius 1 is 1.42 bits per heavy atom. The molecule has 0 N–H and O–H groups in total. The lowest BCUT2D eigenvalue weighted by molar-refractivity contribution is 0.323. The predicted octanol–water partition coefficient (Wildman–Crippen LogP) is 1.37. The van der Waals surface area contributed by atoms with E-state index in [0.717, 1.165) is 0 Å². The smallest absolute Gasteiger partial charge is 0.114 e. The molecule has 6 heteroatoms. The Bertz CT molecular complexity index is 269. The minimum absolute atomic E-state index is 0.448. The maximum Gasteiger partial charge on any atom is 0.114 e. The number of benzene rings is 1. The molecule has 1 unspecified atom stereocenters. The highest BCUT2D eigenvalue weighted by Gasteiger charge is 2.01. The van der Waals surface area contributed by atoms with Gasteiger partial charge >= 0.3 is 0 Å². The summed E-state index contributed by atoms with van der Waals surface area (Å²) in [6, 6.07) is 8.42. The number of nitrogens with zero attached hydrogens (tertiary/aromatic N) is 1. The molecule has 0 heterocycles. The predicted molar refractivity (Wildman–Crippen MR) is 44.8 cm³/mol. The van der Waals surface area contributed by atoms with E-state index in [-0.39, 0.29) is 0 Å². The molecule has 1 aromatic rings. The number of anilines is 1. The lowest BCUT2D eigenvalue weighted by atomic mass is 10.3. The van der Waals surface area contributed by atoms with Gasteiger partial charge in [-0.2, -0.15) is 4.28 Å². The Labute approximate surface area is 77.3 Å². The van der Waals surface area contributed by atoms with E-state index < -0.39 is 11.4 Å². The standard InChI is InChI=1S/C6H6ClNO3S/c7-8(11-12(9)10)6-4-2-1-3-5-6/h1-5H,(H,9,10)/p-1. The highest BCUT2D eigenvalue weighted by molar-refractivity contribution is 7.74. The van der Waals surface area contributed by atoms with Crippen LogP contribution in [0.5, 0.6) is 0 Å². The minimum Gasteiger partial charge on any atom is -0.748 e. The average Bonchev–Trinajstić information content (AvgIpc) is 2.05. The van der Waals surface area contributed by atoms with E-state index in [1.165, 1.54) is 0 Å². The Morgan fingerprint density at radius 3 is 2.50 bits per heavy atom. The van der Waals surface area contributed by atoms with Gasteiger partial charge < -0.3 is 4.55 Å². The number of halogens is 1. The third kappa shape index (κ3) is 2.78. The van der Waals surface area contributed by atoms with E-state index in [2.05, 4.69) is 4.28 Å². The van der Waals surface area contributed by atoms with Crippen molar-refractivity contribution < 1.29 is 13.0 Å². The zero-order valence-electron chi connectivity index (χ0n) is 5.84. The van der Waals surface area contributed by atoms with E-state index in [9.17, 15) is 8.76 Å². The first-order valence-corrected chi connectivity index (χ1v) is 4.32. The molecular formula is C6H5ClNO3S-. The number of para-hydroxylation sites is 1. The molecule has 1 rings (SSSR count). The van der Waals surface area contributed by atoms with Crippen molar-refractivity contribution in [3.63, 3.8) is 0 Å². The molecule has 0 spiro atoms. The van der Waals surface area contributed by atoms with Crippen molar-refractivity contribution in [3.8, 4) is 0 Å². The van der Waals surface area contributed by atoms with Crippen LogP contribution in [0.3, 0.4) is 0 Å². The fourth-order valence-corrected chi connectivity index (χ4v) is 1.09. The molecule has 0 saturated heterocycles. The third-order valence-corrected chi connectivity index (χ3v) is 1.70. The minimum atomic E-state index is -2.65. The fraction of sp³-hybridized carbons (Fsp3) is 0. The van der Waals surface area contributed by atoms with Gasteiger partial charge in [0.25, 0.3) is 0 Å². The summed E-state index contributed by atoms with van der Waals surface area (Å²) in [4.78, 5) is 0. The second kappa shape index (κ2) is 4.42. The van der Waals surface area contributed by atoms with Crippen LogP contribution in [-0.2, 0) is 15.6 Å². The summed E-state index contributed by atoms with van der Waals surface area (Å²) in [5.74, 6) is 0. The van der Waals surface area contributed by atoms with Crippen LogP contribution in [0.15, 0.2) is 30.3 Å². The summed E-state index contributed by atoms with van der Waals surface area (Å²) < 4.78 is 24.9. The van der Waals surface area contributed by atoms with Crippen molar-refractivity contribution in [2.24, 2.45) is 0 Å². The Hall–Kier alpha value is -0.620. The lowest BCUT2D eigenvalue weighted by Crippen LogP contribution is -2.12. The monoisotopic (exact) mass is 206 g/mol. The van der Waals surface area contributed by atoms with Gasteiger partial charge in [0.1, 0.15) is 11.4 Å². The molecule has 12 heavy (non-hydrogen) atoms. The first-order valence-electron chi connectivity index (χ1n) is 2.99. The highest BCUT2D eigenvalue weighted by atomic mass is 35.5. The zero-order valence-corrected chi connectivity index (χ0v) is 7.42. The summed E-state index contributed by atoms with van der Waals surface area (Å²) in [5.41, 5.74) is 0.448. The van der Waals surface area contributed by atoms with Crippen LogP contribution in [0, 0.1) is 0 Å². The molecule has 0 amide bonds. The van der Waals surface area contributed by atoms with E-state index in [1.807, 2.05) is 0 Å². The molecule has 0 radical (unpaired) electrons. The van der Waals surface area contributed by atoms with E-state index in [0.29, 0.717) is 10.3 Å². The Kier molecular flexibility index (Phi) is 3.48. The summed E-state index contributed by atoms with van der Waals surface area (Å²) in [6.45, 7) is 0. The summed E-state index contributed by atoms with van der Waals surface area (Å²) in [5, 5.41) is 0. The first-order chi connectivity index (χ1) is 5.70. The molecule has 0 aliphatic rings. The average molecular weight is 207 g/mol. The fourth-order valence-electron chi connectivity index (χ4n) is 0.642. The SMILES string of the molecule is O=S([O-])ON(Cl)c1ccccc1. The molecule has 0 saturated carbocycles. The van der Waals surface area contributed by atoms with Gasteiger partial charge in [-0.1, -0.05) is 18.2 Å². The van der Waals surface area contributed by atoms with Crippen LogP contribution in [0.1, 0.15) is 0 Å². The van der Waals surface area contributed by atoms with Gasteiger partial charge in [0.2, 0.25) is 0 Å². The second-order valence-electron chi connectivity index (χ2n) is 1.86. The van der Waals surface area contributed by atoms with Crippen molar-refractivity contribution >= 4 is 28.8 Å². The normalized spacial score (nSPS) is 12.5. The van der Waals surface area contributed by atoms with Crippen LogP contribution in [0.2, 0.25) is 0 Å². The van der Waals surface area contributed by atoms with E-state index in [1.54, 1.807) is 30.3 Å². The molecular weight excluding hydrogens is 202 g/mol. The van der Waals surface area contributed by atoms with Crippen LogP contribution in [0.25, 0.3) is 0 Å². The quantitative estimate of drug-likeness (QED) is 0.426. The molecule has 0 aliphatic carbocycles. The van der Waals surface area contributed by atoms with Crippen LogP contribution in [-0.4, -0.2) is 8.76 Å². The lowest BCUT2D eigenvalue weighted by Gasteiger charge is -2.14. The number of rotatable bonds is 3. The molecule has 4 nitrogen and oxygen atoms in total. The molecule has 66 valence electrons. The van der Waals surface area contributed by atoms with Crippen molar-refractivity contribution in [2.45, 2.75) is 0 Å². The van der Waals surface area contributed by atoms with Gasteiger partial charge in [-0.3, -0.25) is 0 Å². The first kappa shape index (κ1) is 9.47. The van der Waals surface area contributed by atoms with E-state index >= 15 is 0 Å². The van der Waals surface area contributed by atoms with Crippen LogP contribution in [0.4, 0.5) is 5.69 Å². The molecule has 0 aliphatic heterocycles. The number of hydrogen-bond donors (Lipinski definition) is 0. The van der Waals surface area contributed by atoms with Crippen molar-refractivity contribution in [1.82, 2.24) is 0 Å². The van der Waals surface area contributed by atoms with Crippen LogP contribution < -0.4 is 4.58 Å². The Morgan fingerprint density at radius 2 is 2.00 bits per heavy atom. The topological polar surface area (TPSA) is 52.6 Å². The Balaban J connectivity index is 2.65. The zero-order chi connectivity index (χ0) is 8.97. The summed E-state index contributed by atoms with van der Waals surface area (Å²) in [7, 11) is 0. The van der Waals surface area contributed by atoms with Gasteiger partial charge in [-0.05, 0) is 12.1 Å². The third-order valence-electron chi connectivity index (χ3n) is 1.09. The van der Waals surface area contributed by atoms with Gasteiger partial charge in [0.05, 0.1) is 5.69 Å². The largest absolute Gasteiger partial charge is 0.748 e. The van der Waals surface area contributed by atoms with Gasteiger partial charge in [-0.15, -0.1) is 4.58 Å². The molecule has 0 bridgehead atoms. The summed E-state index contributed by atoms with van der Waals surface area (Å²) in [6.07, 6.45) is 0. The van der Waals surface area contributed by atoms with Crippen molar-refractivity contribution in [3.05, 3.63) is 30.3 Å². The van der Waals surface area contributed by atoms with Gasteiger partial charge in [0, 0.05) is 11.8 Å². The molecule has 1 atom stereocenters. The van der Waals surface area contributed by atoms with Crippen molar-refractivity contribution in [2.75, 3.05) is 4.58 Å². The highest BCUT2D eigenvalue weighted by Crippen LogP contribution is 2.15. The van der Waals surface area contributed by atoms with Crippen molar-refractivity contribution in [1.29, 1.82) is 0 Å². The molecule has 1 aromatic carbocycles. The molecule has 0 aromatic heterocycles. The van der Waals surface area contributed by atoms with Gasteiger partial charge in [0.15, 0.2) is 0 Å². The van der Waals surface area contributed by atoms with E-state index in [4.69, 9.17) is 11.8 Å². The number of hydrogen-bond acceptors (Lipinski definition) is 4. The summed E-state index contributed by atoms with van der Waals surface area (Å²) >= 11 is 2.77.